The fourth-order valence-corrected chi connectivity index (χ4v) is 1.96. The fourth-order valence-electron chi connectivity index (χ4n) is 1.96. The van der Waals surface area contributed by atoms with Crippen LogP contribution in [0.15, 0.2) is 0 Å². The lowest BCUT2D eigenvalue weighted by molar-refractivity contribution is -0.180. The van der Waals surface area contributed by atoms with Crippen LogP contribution in [0.4, 0.5) is 0 Å². The molecule has 0 unspecified atom stereocenters. The smallest absolute Gasteiger partial charge is 0.166 e. The van der Waals surface area contributed by atoms with Gasteiger partial charge in [-0.05, 0) is 19.8 Å². The maximum Gasteiger partial charge on any atom is 0.166 e. The van der Waals surface area contributed by atoms with Crippen molar-refractivity contribution in [3.05, 3.63) is 0 Å². The van der Waals surface area contributed by atoms with Crippen LogP contribution in [-0.4, -0.2) is 29.7 Å². The molecule has 2 saturated heterocycles. The van der Waals surface area contributed by atoms with Crippen LogP contribution in [-0.2, 0) is 9.47 Å². The van der Waals surface area contributed by atoms with Gasteiger partial charge in [0.15, 0.2) is 5.79 Å². The molecule has 0 aliphatic carbocycles. The highest BCUT2D eigenvalue weighted by atomic mass is 16.8. The van der Waals surface area contributed by atoms with Crippen LogP contribution in [0.25, 0.3) is 0 Å². The summed E-state index contributed by atoms with van der Waals surface area (Å²) >= 11 is 0. The predicted molar refractivity (Wildman–Crippen MR) is 39.1 cm³/mol. The largest absolute Gasteiger partial charge is 0.394 e. The summed E-state index contributed by atoms with van der Waals surface area (Å²) in [6, 6.07) is 0. The molecule has 1 N–H and O–H groups in total. The first-order valence-electron chi connectivity index (χ1n) is 4.20. The molecule has 2 fully saturated rings. The van der Waals surface area contributed by atoms with E-state index in [1.807, 2.05) is 6.92 Å². The quantitative estimate of drug-likeness (QED) is 0.609. The molecule has 0 radical (unpaired) electrons. The van der Waals surface area contributed by atoms with Gasteiger partial charge in [-0.1, -0.05) is 0 Å². The molecular formula is C8H14O3. The Morgan fingerprint density at radius 2 is 2.36 bits per heavy atom. The standard InChI is InChI=1S/C8H14O3/c1-8-4-2-3-6(10-8)7(5-9)11-8/h6-7,9H,2-5H2,1H3/t6-,7-,8-/m1/s1. The zero-order valence-electron chi connectivity index (χ0n) is 6.75. The summed E-state index contributed by atoms with van der Waals surface area (Å²) in [5, 5.41) is 8.92. The second kappa shape index (κ2) is 2.44. The molecule has 2 aliphatic rings. The molecule has 3 heteroatoms. The Balaban J connectivity index is 2.10. The zero-order chi connectivity index (χ0) is 7.90. The molecular weight excluding hydrogens is 144 g/mol. The summed E-state index contributed by atoms with van der Waals surface area (Å²) < 4.78 is 11.2. The Labute approximate surface area is 66.3 Å². The van der Waals surface area contributed by atoms with E-state index in [9.17, 15) is 0 Å². The van der Waals surface area contributed by atoms with Gasteiger partial charge in [-0.15, -0.1) is 0 Å². The van der Waals surface area contributed by atoms with Crippen molar-refractivity contribution in [3.8, 4) is 0 Å². The van der Waals surface area contributed by atoms with Gasteiger partial charge >= 0.3 is 0 Å². The number of hydrogen-bond acceptors (Lipinski definition) is 3. The Morgan fingerprint density at radius 1 is 1.55 bits per heavy atom. The van der Waals surface area contributed by atoms with Gasteiger partial charge in [0, 0.05) is 6.42 Å². The Morgan fingerprint density at radius 3 is 3.00 bits per heavy atom. The molecule has 2 heterocycles. The van der Waals surface area contributed by atoms with Gasteiger partial charge in [-0.3, -0.25) is 0 Å². The molecule has 0 spiro atoms. The van der Waals surface area contributed by atoms with Crippen molar-refractivity contribution in [2.45, 2.75) is 44.2 Å². The lowest BCUT2D eigenvalue weighted by Gasteiger charge is -2.26. The summed E-state index contributed by atoms with van der Waals surface area (Å²) in [5.41, 5.74) is 0. The third-order valence-electron chi connectivity index (χ3n) is 2.52. The second-order valence-electron chi connectivity index (χ2n) is 3.52. The number of fused-ring (bicyclic) bond motifs is 2. The maximum absolute atomic E-state index is 8.92. The molecule has 11 heavy (non-hydrogen) atoms. The van der Waals surface area contributed by atoms with Gasteiger partial charge in [-0.2, -0.15) is 0 Å². The Hall–Kier alpha value is -0.120. The molecule has 0 saturated carbocycles. The lowest BCUT2D eigenvalue weighted by Crippen LogP contribution is -2.30. The normalized spacial score (nSPS) is 49.6. The second-order valence-corrected chi connectivity index (χ2v) is 3.52. The van der Waals surface area contributed by atoms with Gasteiger partial charge in [0.05, 0.1) is 12.7 Å². The minimum Gasteiger partial charge on any atom is -0.394 e. The highest BCUT2D eigenvalue weighted by molar-refractivity contribution is 4.87. The van der Waals surface area contributed by atoms with Crippen molar-refractivity contribution in [1.82, 2.24) is 0 Å². The Kier molecular flexibility index (Phi) is 1.67. The highest BCUT2D eigenvalue weighted by Crippen LogP contribution is 2.39. The van der Waals surface area contributed by atoms with Crippen LogP contribution in [0.5, 0.6) is 0 Å². The van der Waals surface area contributed by atoms with E-state index in [4.69, 9.17) is 14.6 Å². The minimum absolute atomic E-state index is 0.0810. The molecule has 2 bridgehead atoms. The molecule has 0 aromatic rings. The fraction of sp³-hybridized carbons (Fsp3) is 1.00. The van der Waals surface area contributed by atoms with E-state index in [2.05, 4.69) is 0 Å². The van der Waals surface area contributed by atoms with Gasteiger partial charge < -0.3 is 14.6 Å². The minimum atomic E-state index is -0.393. The van der Waals surface area contributed by atoms with Crippen LogP contribution in [0.2, 0.25) is 0 Å². The lowest BCUT2D eigenvalue weighted by atomic mass is 10.0. The van der Waals surface area contributed by atoms with Crippen LogP contribution in [0.3, 0.4) is 0 Å². The van der Waals surface area contributed by atoms with Crippen LogP contribution in [0, 0.1) is 0 Å². The maximum atomic E-state index is 8.92. The molecule has 3 nitrogen and oxygen atoms in total. The first kappa shape index (κ1) is 7.53. The number of rotatable bonds is 1. The van der Waals surface area contributed by atoms with E-state index in [-0.39, 0.29) is 18.8 Å². The van der Waals surface area contributed by atoms with E-state index in [0.717, 1.165) is 19.3 Å². The average Bonchev–Trinajstić information content (AvgIpc) is 2.21. The van der Waals surface area contributed by atoms with Crippen LogP contribution in [0.1, 0.15) is 26.2 Å². The summed E-state index contributed by atoms with van der Waals surface area (Å²) in [6.07, 6.45) is 3.19. The van der Waals surface area contributed by atoms with Crippen molar-refractivity contribution in [3.63, 3.8) is 0 Å². The van der Waals surface area contributed by atoms with Crippen molar-refractivity contribution < 1.29 is 14.6 Å². The number of aliphatic hydroxyl groups is 1. The van der Waals surface area contributed by atoms with Gasteiger partial charge in [0.1, 0.15) is 6.10 Å². The highest BCUT2D eigenvalue weighted by Gasteiger charge is 2.46. The van der Waals surface area contributed by atoms with Crippen molar-refractivity contribution in [2.24, 2.45) is 0 Å². The number of hydrogen-bond donors (Lipinski definition) is 1. The molecule has 0 amide bonds. The van der Waals surface area contributed by atoms with Crippen LogP contribution >= 0.6 is 0 Å². The summed E-state index contributed by atoms with van der Waals surface area (Å²) in [5.74, 6) is -0.393. The van der Waals surface area contributed by atoms with Crippen molar-refractivity contribution in [1.29, 1.82) is 0 Å². The molecule has 2 rings (SSSR count). The molecule has 3 atom stereocenters. The summed E-state index contributed by atoms with van der Waals surface area (Å²) in [7, 11) is 0. The van der Waals surface area contributed by atoms with Crippen LogP contribution < -0.4 is 0 Å². The van der Waals surface area contributed by atoms with Gasteiger partial charge in [0.2, 0.25) is 0 Å². The van der Waals surface area contributed by atoms with E-state index in [1.165, 1.54) is 0 Å². The van der Waals surface area contributed by atoms with Gasteiger partial charge in [0.25, 0.3) is 0 Å². The summed E-state index contributed by atoms with van der Waals surface area (Å²) in [6.45, 7) is 2.04. The number of aliphatic hydroxyl groups excluding tert-OH is 1. The number of ether oxygens (including phenoxy) is 2. The third-order valence-corrected chi connectivity index (χ3v) is 2.52. The van der Waals surface area contributed by atoms with Gasteiger partial charge in [-0.25, -0.2) is 0 Å². The van der Waals surface area contributed by atoms with E-state index >= 15 is 0 Å². The molecule has 64 valence electrons. The third kappa shape index (κ3) is 1.17. The van der Waals surface area contributed by atoms with E-state index in [1.54, 1.807) is 0 Å². The monoisotopic (exact) mass is 158 g/mol. The molecule has 0 aromatic heterocycles. The topological polar surface area (TPSA) is 38.7 Å². The SMILES string of the molecule is C[C@@]12CCC[C@@H](O1)[C@@H](CO)O2. The predicted octanol–water partition coefficient (Wildman–Crippen LogP) is 0.663. The first-order chi connectivity index (χ1) is 5.23. The van der Waals surface area contributed by atoms with Crippen molar-refractivity contribution in [2.75, 3.05) is 6.61 Å². The van der Waals surface area contributed by atoms with E-state index in [0.29, 0.717) is 0 Å². The molecule has 2 aliphatic heterocycles. The zero-order valence-corrected chi connectivity index (χ0v) is 6.75. The van der Waals surface area contributed by atoms with E-state index < -0.39 is 5.79 Å². The Bertz CT molecular complexity index is 159. The van der Waals surface area contributed by atoms with Crippen molar-refractivity contribution >= 4 is 0 Å². The molecule has 0 aromatic carbocycles. The average molecular weight is 158 g/mol. The summed E-state index contributed by atoms with van der Waals surface area (Å²) in [4.78, 5) is 0. The first-order valence-corrected chi connectivity index (χ1v) is 4.20.